The summed E-state index contributed by atoms with van der Waals surface area (Å²) in [7, 11) is 0. The normalized spacial score (nSPS) is 15.3. The second-order valence-corrected chi connectivity index (χ2v) is 7.10. The van der Waals surface area contributed by atoms with E-state index >= 15 is 0 Å². The van der Waals surface area contributed by atoms with Crippen LogP contribution in [0.15, 0.2) is 48.5 Å². The van der Waals surface area contributed by atoms with Gasteiger partial charge < -0.3 is 4.90 Å². The molecule has 3 aromatic rings. The first-order valence-corrected chi connectivity index (χ1v) is 9.54. The molecule has 0 N–H and O–H groups in total. The molecule has 2 aromatic carbocycles. The van der Waals surface area contributed by atoms with Crippen molar-refractivity contribution in [2.75, 3.05) is 26.2 Å². The van der Waals surface area contributed by atoms with Gasteiger partial charge in [-0.25, -0.2) is 4.39 Å². The Morgan fingerprint density at radius 1 is 0.968 bits per heavy atom. The Morgan fingerprint density at radius 2 is 1.65 bits per heavy atom. The molecule has 0 radical (unpaired) electrons. The molecule has 1 saturated heterocycles. The van der Waals surface area contributed by atoms with Crippen molar-refractivity contribution in [3.63, 3.8) is 0 Å². The van der Waals surface area contributed by atoms with Gasteiger partial charge in [0.2, 0.25) is 0 Å². The van der Waals surface area contributed by atoms with Gasteiger partial charge in [-0.2, -0.15) is 17.9 Å². The van der Waals surface area contributed by atoms with Crippen LogP contribution in [-0.2, 0) is 12.7 Å². The molecule has 1 aromatic heterocycles. The zero-order valence-corrected chi connectivity index (χ0v) is 16.3. The van der Waals surface area contributed by atoms with Crippen LogP contribution in [0.1, 0.15) is 21.7 Å². The molecule has 7 nitrogen and oxygen atoms in total. The third-order valence-corrected chi connectivity index (χ3v) is 5.09. The number of rotatable bonds is 4. The number of carbonyl (C=O) groups is 1. The van der Waals surface area contributed by atoms with Crippen LogP contribution in [0.5, 0.6) is 0 Å². The molecule has 0 bridgehead atoms. The van der Waals surface area contributed by atoms with Crippen molar-refractivity contribution in [3.8, 4) is 5.69 Å². The largest absolute Gasteiger partial charge is 0.417 e. The maximum Gasteiger partial charge on any atom is 0.417 e. The molecule has 1 amide bonds. The Balaban J connectivity index is 1.41. The third kappa shape index (κ3) is 4.55. The number of carbonyl (C=O) groups excluding carboxylic acids is 1. The molecule has 1 aliphatic heterocycles. The van der Waals surface area contributed by atoms with Gasteiger partial charge >= 0.3 is 6.18 Å². The van der Waals surface area contributed by atoms with Crippen molar-refractivity contribution in [1.82, 2.24) is 30.0 Å². The Morgan fingerprint density at radius 3 is 2.32 bits per heavy atom. The molecule has 31 heavy (non-hydrogen) atoms. The fourth-order valence-electron chi connectivity index (χ4n) is 3.48. The fourth-order valence-corrected chi connectivity index (χ4v) is 3.48. The van der Waals surface area contributed by atoms with Crippen molar-refractivity contribution >= 4 is 5.91 Å². The first-order valence-electron chi connectivity index (χ1n) is 9.54. The van der Waals surface area contributed by atoms with E-state index in [9.17, 15) is 22.4 Å². The number of aromatic nitrogens is 4. The van der Waals surface area contributed by atoms with Crippen molar-refractivity contribution in [2.45, 2.75) is 12.7 Å². The Bertz CT molecular complexity index is 1060. The fraction of sp³-hybridized carbons (Fsp3) is 0.300. The van der Waals surface area contributed by atoms with Crippen LogP contribution in [0.2, 0.25) is 0 Å². The predicted octanol–water partition coefficient (Wildman–Crippen LogP) is 2.78. The highest BCUT2D eigenvalue weighted by Gasteiger charge is 2.36. The summed E-state index contributed by atoms with van der Waals surface area (Å²) >= 11 is 0. The van der Waals surface area contributed by atoms with E-state index in [-0.39, 0.29) is 24.5 Å². The van der Waals surface area contributed by atoms with Gasteiger partial charge in [0.15, 0.2) is 5.82 Å². The summed E-state index contributed by atoms with van der Waals surface area (Å²) in [5.74, 6) is -0.469. The van der Waals surface area contributed by atoms with E-state index < -0.39 is 17.6 Å². The number of hydrogen-bond acceptors (Lipinski definition) is 5. The minimum atomic E-state index is -4.59. The maximum absolute atomic E-state index is 13.2. The van der Waals surface area contributed by atoms with E-state index in [2.05, 4.69) is 15.5 Å². The number of alkyl halides is 3. The lowest BCUT2D eigenvalue weighted by Crippen LogP contribution is -2.48. The van der Waals surface area contributed by atoms with E-state index in [1.54, 1.807) is 12.1 Å². The number of hydrogen-bond donors (Lipinski definition) is 0. The number of halogens is 4. The van der Waals surface area contributed by atoms with E-state index in [1.165, 1.54) is 39.9 Å². The summed E-state index contributed by atoms with van der Waals surface area (Å²) in [5, 5.41) is 11.6. The summed E-state index contributed by atoms with van der Waals surface area (Å²) in [4.78, 5) is 16.1. The summed E-state index contributed by atoms with van der Waals surface area (Å²) in [6, 6.07) is 10.5. The smallest absolute Gasteiger partial charge is 0.336 e. The van der Waals surface area contributed by atoms with E-state index in [4.69, 9.17) is 0 Å². The number of piperazine rings is 1. The maximum atomic E-state index is 13.2. The molecule has 0 atom stereocenters. The van der Waals surface area contributed by atoms with Crippen molar-refractivity contribution < 1.29 is 22.4 Å². The summed E-state index contributed by atoms with van der Waals surface area (Å²) < 4.78 is 54.3. The van der Waals surface area contributed by atoms with E-state index in [1.807, 2.05) is 4.90 Å². The Labute approximate surface area is 174 Å². The predicted molar refractivity (Wildman–Crippen MR) is 102 cm³/mol. The molecule has 0 aliphatic carbocycles. The summed E-state index contributed by atoms with van der Waals surface area (Å²) in [6.45, 7) is 1.85. The average Bonchev–Trinajstić information content (AvgIpc) is 3.22. The zero-order valence-electron chi connectivity index (χ0n) is 16.3. The minimum Gasteiger partial charge on any atom is -0.336 e. The van der Waals surface area contributed by atoms with Crippen LogP contribution in [-0.4, -0.2) is 62.1 Å². The molecule has 0 spiro atoms. The second kappa shape index (κ2) is 8.42. The van der Waals surface area contributed by atoms with Crippen LogP contribution in [0.3, 0.4) is 0 Å². The molecule has 162 valence electrons. The number of tetrazole rings is 1. The number of amides is 1. The van der Waals surface area contributed by atoms with Gasteiger partial charge in [-0.1, -0.05) is 12.1 Å². The molecule has 1 aliphatic rings. The molecule has 0 unspecified atom stereocenters. The van der Waals surface area contributed by atoms with Crippen molar-refractivity contribution in [2.24, 2.45) is 0 Å². The molecular formula is C20H18F4N6O. The number of nitrogens with zero attached hydrogens (tertiary/aromatic N) is 6. The highest BCUT2D eigenvalue weighted by atomic mass is 19.4. The molecule has 0 saturated carbocycles. The highest BCUT2D eigenvalue weighted by molar-refractivity contribution is 5.96. The first-order chi connectivity index (χ1) is 14.8. The molecule has 2 heterocycles. The monoisotopic (exact) mass is 434 g/mol. The summed E-state index contributed by atoms with van der Waals surface area (Å²) in [6.07, 6.45) is -4.59. The lowest BCUT2D eigenvalue weighted by atomic mass is 10.1. The van der Waals surface area contributed by atoms with Crippen LogP contribution in [0.25, 0.3) is 5.69 Å². The van der Waals surface area contributed by atoms with E-state index in [0.717, 1.165) is 6.07 Å². The van der Waals surface area contributed by atoms with Crippen molar-refractivity contribution in [1.29, 1.82) is 0 Å². The van der Waals surface area contributed by atoms with Crippen LogP contribution < -0.4 is 0 Å². The van der Waals surface area contributed by atoms with Gasteiger partial charge in [0, 0.05) is 26.2 Å². The van der Waals surface area contributed by atoms with Gasteiger partial charge in [-0.05, 0) is 46.8 Å². The topological polar surface area (TPSA) is 67.2 Å². The van der Waals surface area contributed by atoms with Crippen LogP contribution in [0, 0.1) is 5.82 Å². The minimum absolute atomic E-state index is 0.281. The van der Waals surface area contributed by atoms with Gasteiger partial charge in [0.05, 0.1) is 23.4 Å². The first kappa shape index (κ1) is 20.9. The highest BCUT2D eigenvalue weighted by Crippen LogP contribution is 2.32. The van der Waals surface area contributed by atoms with Gasteiger partial charge in [0.25, 0.3) is 5.91 Å². The SMILES string of the molecule is O=C(c1ccccc1C(F)(F)F)N1CCN(Cc2nnnn2-c2ccc(F)cc2)CC1. The molecule has 1 fully saturated rings. The zero-order chi connectivity index (χ0) is 22.0. The number of benzene rings is 2. The van der Waals surface area contributed by atoms with Gasteiger partial charge in [0.1, 0.15) is 5.82 Å². The Hall–Kier alpha value is -3.34. The second-order valence-electron chi connectivity index (χ2n) is 7.10. The van der Waals surface area contributed by atoms with Crippen LogP contribution >= 0.6 is 0 Å². The van der Waals surface area contributed by atoms with Gasteiger partial charge in [-0.3, -0.25) is 9.69 Å². The average molecular weight is 434 g/mol. The standard InChI is InChI=1S/C20H18F4N6O/c21-14-5-7-15(8-6-14)30-18(25-26-27-30)13-28-9-11-29(12-10-28)19(31)16-3-1-2-4-17(16)20(22,23)24/h1-8H,9-13H2. The lowest BCUT2D eigenvalue weighted by molar-refractivity contribution is -0.138. The molecule has 4 rings (SSSR count). The quantitative estimate of drug-likeness (QED) is 0.591. The molecular weight excluding hydrogens is 416 g/mol. The third-order valence-electron chi connectivity index (χ3n) is 5.09. The van der Waals surface area contributed by atoms with Crippen LogP contribution in [0.4, 0.5) is 17.6 Å². The Kier molecular flexibility index (Phi) is 5.68. The summed E-state index contributed by atoms with van der Waals surface area (Å²) in [5.41, 5.74) is -0.663. The van der Waals surface area contributed by atoms with Gasteiger partial charge in [-0.15, -0.1) is 5.10 Å². The lowest BCUT2D eigenvalue weighted by Gasteiger charge is -2.34. The van der Waals surface area contributed by atoms with Crippen molar-refractivity contribution in [3.05, 3.63) is 71.3 Å². The molecule has 11 heteroatoms. The van der Waals surface area contributed by atoms with E-state index in [0.29, 0.717) is 31.1 Å².